The third-order valence-corrected chi connectivity index (χ3v) is 3.33. The predicted octanol–water partition coefficient (Wildman–Crippen LogP) is 2.06. The van der Waals surface area contributed by atoms with Crippen molar-refractivity contribution in [1.29, 1.82) is 0 Å². The van der Waals surface area contributed by atoms with Gasteiger partial charge in [0.2, 0.25) is 0 Å². The highest BCUT2D eigenvalue weighted by Crippen LogP contribution is 2.31. The molecule has 82 valence electrons. The summed E-state index contributed by atoms with van der Waals surface area (Å²) in [7, 11) is 0. The fraction of sp³-hybridized carbons (Fsp3) is 0.833. The smallest absolute Gasteiger partial charge is 0.0306 e. The van der Waals surface area contributed by atoms with Gasteiger partial charge in [-0.25, -0.2) is 0 Å². The maximum absolute atomic E-state index is 5.89. The second-order valence-electron chi connectivity index (χ2n) is 4.69. The van der Waals surface area contributed by atoms with Gasteiger partial charge in [-0.3, -0.25) is 0 Å². The van der Waals surface area contributed by atoms with E-state index in [0.29, 0.717) is 0 Å². The molecule has 2 unspecified atom stereocenters. The van der Waals surface area contributed by atoms with E-state index in [9.17, 15) is 0 Å². The average molecular weight is 196 g/mol. The number of hydrogen-bond acceptors (Lipinski definition) is 2. The van der Waals surface area contributed by atoms with Gasteiger partial charge in [0.1, 0.15) is 0 Å². The molecule has 2 atom stereocenters. The Balaban J connectivity index is 2.42. The van der Waals surface area contributed by atoms with Gasteiger partial charge in [0.05, 0.1) is 0 Å². The molecule has 0 aliphatic heterocycles. The first-order valence-electron chi connectivity index (χ1n) is 5.78. The van der Waals surface area contributed by atoms with Gasteiger partial charge in [0.25, 0.3) is 0 Å². The summed E-state index contributed by atoms with van der Waals surface area (Å²) in [6, 6.07) is 0. The fourth-order valence-corrected chi connectivity index (χ4v) is 2.52. The summed E-state index contributed by atoms with van der Waals surface area (Å²) in [5.41, 5.74) is 6.12. The lowest BCUT2D eigenvalue weighted by Gasteiger charge is -2.40. The van der Waals surface area contributed by atoms with Crippen LogP contribution in [0.25, 0.3) is 0 Å². The summed E-state index contributed by atoms with van der Waals surface area (Å²) < 4.78 is 0. The van der Waals surface area contributed by atoms with Crippen molar-refractivity contribution in [3.8, 4) is 0 Å². The molecule has 0 radical (unpaired) electrons. The standard InChI is InChI=1S/C12H24N2/c1-3-4-8-14-12(10-13)7-5-6-11(2)9-12/h3,11,14H,1,4-10,13H2,2H3. The van der Waals surface area contributed by atoms with Crippen LogP contribution in [-0.4, -0.2) is 18.6 Å². The van der Waals surface area contributed by atoms with Crippen molar-refractivity contribution in [2.24, 2.45) is 11.7 Å². The summed E-state index contributed by atoms with van der Waals surface area (Å²) in [5.74, 6) is 0.823. The first kappa shape index (κ1) is 11.7. The Kier molecular flexibility index (Phi) is 4.63. The second kappa shape index (κ2) is 5.52. The summed E-state index contributed by atoms with van der Waals surface area (Å²) in [6.45, 7) is 7.86. The Hall–Kier alpha value is -0.340. The van der Waals surface area contributed by atoms with Crippen LogP contribution in [0.15, 0.2) is 12.7 Å². The Morgan fingerprint density at radius 3 is 3.00 bits per heavy atom. The van der Waals surface area contributed by atoms with Crippen molar-refractivity contribution < 1.29 is 0 Å². The highest BCUT2D eigenvalue weighted by atomic mass is 15.0. The van der Waals surface area contributed by atoms with E-state index in [-0.39, 0.29) is 5.54 Å². The van der Waals surface area contributed by atoms with Crippen molar-refractivity contribution in [2.45, 2.75) is 44.6 Å². The van der Waals surface area contributed by atoms with Crippen molar-refractivity contribution >= 4 is 0 Å². The molecule has 2 heteroatoms. The SMILES string of the molecule is C=CCCNC1(CN)CCCC(C)C1. The molecule has 1 aliphatic rings. The molecular weight excluding hydrogens is 172 g/mol. The summed E-state index contributed by atoms with van der Waals surface area (Å²) in [4.78, 5) is 0. The molecule has 0 heterocycles. The normalized spacial score (nSPS) is 32.9. The molecule has 1 fully saturated rings. The fourth-order valence-electron chi connectivity index (χ4n) is 2.52. The van der Waals surface area contributed by atoms with Crippen LogP contribution in [0.3, 0.4) is 0 Å². The Bertz CT molecular complexity index is 179. The predicted molar refractivity (Wildman–Crippen MR) is 62.2 cm³/mol. The van der Waals surface area contributed by atoms with E-state index in [1.165, 1.54) is 25.7 Å². The Morgan fingerprint density at radius 2 is 2.43 bits per heavy atom. The van der Waals surface area contributed by atoms with Crippen LogP contribution in [0.1, 0.15) is 39.0 Å². The molecule has 1 rings (SSSR count). The first-order valence-corrected chi connectivity index (χ1v) is 5.78. The van der Waals surface area contributed by atoms with E-state index in [1.807, 2.05) is 6.08 Å². The molecule has 0 aromatic heterocycles. The largest absolute Gasteiger partial charge is 0.329 e. The number of hydrogen-bond donors (Lipinski definition) is 2. The highest BCUT2D eigenvalue weighted by molar-refractivity contribution is 4.94. The molecule has 0 spiro atoms. The van der Waals surface area contributed by atoms with Crippen LogP contribution in [-0.2, 0) is 0 Å². The third kappa shape index (κ3) is 3.10. The lowest BCUT2D eigenvalue weighted by molar-refractivity contribution is 0.195. The first-order chi connectivity index (χ1) is 6.72. The van der Waals surface area contributed by atoms with Gasteiger partial charge >= 0.3 is 0 Å². The van der Waals surface area contributed by atoms with E-state index >= 15 is 0 Å². The molecule has 0 bridgehead atoms. The van der Waals surface area contributed by atoms with Gasteiger partial charge in [-0.15, -0.1) is 6.58 Å². The molecule has 14 heavy (non-hydrogen) atoms. The molecule has 0 saturated heterocycles. The monoisotopic (exact) mass is 196 g/mol. The minimum Gasteiger partial charge on any atom is -0.329 e. The van der Waals surface area contributed by atoms with E-state index in [1.54, 1.807) is 0 Å². The van der Waals surface area contributed by atoms with E-state index in [2.05, 4.69) is 18.8 Å². The Labute approximate surface area is 87.9 Å². The van der Waals surface area contributed by atoms with Crippen molar-refractivity contribution in [1.82, 2.24) is 5.32 Å². The van der Waals surface area contributed by atoms with Gasteiger partial charge < -0.3 is 11.1 Å². The maximum Gasteiger partial charge on any atom is 0.0306 e. The minimum atomic E-state index is 0.223. The summed E-state index contributed by atoms with van der Waals surface area (Å²) >= 11 is 0. The highest BCUT2D eigenvalue weighted by Gasteiger charge is 2.32. The molecule has 1 aliphatic carbocycles. The van der Waals surface area contributed by atoms with Crippen molar-refractivity contribution in [3.05, 3.63) is 12.7 Å². The lowest BCUT2D eigenvalue weighted by Crippen LogP contribution is -2.54. The number of nitrogens with two attached hydrogens (primary N) is 1. The molecule has 0 amide bonds. The molecule has 2 nitrogen and oxygen atoms in total. The molecule has 3 N–H and O–H groups in total. The van der Waals surface area contributed by atoms with Crippen LogP contribution < -0.4 is 11.1 Å². The molecule has 0 aromatic carbocycles. The minimum absolute atomic E-state index is 0.223. The van der Waals surface area contributed by atoms with Crippen LogP contribution in [0.5, 0.6) is 0 Å². The van der Waals surface area contributed by atoms with Gasteiger partial charge in [0, 0.05) is 12.1 Å². The van der Waals surface area contributed by atoms with Gasteiger partial charge in [0.15, 0.2) is 0 Å². The zero-order chi connectivity index (χ0) is 10.4. The zero-order valence-corrected chi connectivity index (χ0v) is 9.39. The maximum atomic E-state index is 5.89. The average Bonchev–Trinajstić information content (AvgIpc) is 2.18. The van der Waals surface area contributed by atoms with Crippen LogP contribution in [0.4, 0.5) is 0 Å². The Morgan fingerprint density at radius 1 is 1.64 bits per heavy atom. The zero-order valence-electron chi connectivity index (χ0n) is 9.39. The number of rotatable bonds is 5. The molecular formula is C12H24N2. The van der Waals surface area contributed by atoms with E-state index < -0.39 is 0 Å². The number of nitrogens with one attached hydrogen (secondary N) is 1. The van der Waals surface area contributed by atoms with Crippen LogP contribution in [0, 0.1) is 5.92 Å². The molecule has 0 aromatic rings. The summed E-state index contributed by atoms with van der Waals surface area (Å²) in [6.07, 6.45) is 8.16. The topological polar surface area (TPSA) is 38.0 Å². The van der Waals surface area contributed by atoms with Gasteiger partial charge in [-0.05, 0) is 31.7 Å². The van der Waals surface area contributed by atoms with E-state index in [0.717, 1.165) is 25.4 Å². The van der Waals surface area contributed by atoms with Gasteiger partial charge in [-0.2, -0.15) is 0 Å². The quantitative estimate of drug-likeness (QED) is 0.522. The summed E-state index contributed by atoms with van der Waals surface area (Å²) in [5, 5.41) is 3.62. The van der Waals surface area contributed by atoms with E-state index in [4.69, 9.17) is 5.73 Å². The van der Waals surface area contributed by atoms with Crippen LogP contribution in [0.2, 0.25) is 0 Å². The van der Waals surface area contributed by atoms with Crippen molar-refractivity contribution in [2.75, 3.05) is 13.1 Å². The second-order valence-corrected chi connectivity index (χ2v) is 4.69. The van der Waals surface area contributed by atoms with Gasteiger partial charge in [-0.1, -0.05) is 25.8 Å². The third-order valence-electron chi connectivity index (χ3n) is 3.33. The molecule has 1 saturated carbocycles. The van der Waals surface area contributed by atoms with Crippen molar-refractivity contribution in [3.63, 3.8) is 0 Å². The van der Waals surface area contributed by atoms with Crippen LogP contribution >= 0.6 is 0 Å². The lowest BCUT2D eigenvalue weighted by atomic mass is 9.76.